The van der Waals surface area contributed by atoms with Gasteiger partial charge in [0.2, 0.25) is 11.8 Å². The Kier molecular flexibility index (Phi) is 11.1. The lowest BCUT2D eigenvalue weighted by Crippen LogP contribution is -2.29. The molecule has 0 aromatic rings. The van der Waals surface area contributed by atoms with Gasteiger partial charge in [0.05, 0.1) is 0 Å². The van der Waals surface area contributed by atoms with Crippen LogP contribution in [0.1, 0.15) is 51.4 Å². The summed E-state index contributed by atoms with van der Waals surface area (Å²) in [6, 6.07) is 0. The number of aliphatic hydroxyl groups is 1. The third-order valence-electron chi connectivity index (χ3n) is 3.12. The summed E-state index contributed by atoms with van der Waals surface area (Å²) in [6.45, 7) is 3.83. The first kappa shape index (κ1) is 19.3. The number of carbonyl (C=O) groups excluding carboxylic acids is 2. The topological polar surface area (TPSA) is 94.9 Å². The molecule has 1 aliphatic heterocycles. The fourth-order valence-electron chi connectivity index (χ4n) is 1.96. The summed E-state index contributed by atoms with van der Waals surface area (Å²) >= 11 is 0. The van der Waals surface area contributed by atoms with Crippen molar-refractivity contribution in [1.29, 1.82) is 0 Å². The Morgan fingerprint density at radius 3 is 1.90 bits per heavy atom. The van der Waals surface area contributed by atoms with E-state index in [2.05, 4.69) is 6.58 Å². The lowest BCUT2D eigenvalue weighted by molar-refractivity contribution is -0.138. The van der Waals surface area contributed by atoms with E-state index >= 15 is 0 Å². The fourth-order valence-corrected chi connectivity index (χ4v) is 1.96. The monoisotopic (exact) mass is 299 g/mol. The Bertz CT molecular complexity index is 338. The standard InChI is InChI=1S/C12H21NO3.C3H4O2/c14-10-6-4-2-1-3-5-9-13-11(15)7-8-12(13)16;1-2-3(4)5/h14H,1-10H2;2H,1H2,(H,4,5). The van der Waals surface area contributed by atoms with E-state index in [-0.39, 0.29) is 18.4 Å². The largest absolute Gasteiger partial charge is 0.478 e. The maximum Gasteiger partial charge on any atom is 0.327 e. The predicted molar refractivity (Wildman–Crippen MR) is 78.6 cm³/mol. The normalized spacial score (nSPS) is 13.9. The first-order valence-electron chi connectivity index (χ1n) is 7.32. The Balaban J connectivity index is 0.000000690. The van der Waals surface area contributed by atoms with E-state index in [9.17, 15) is 14.4 Å². The number of carboxylic acids is 1. The number of carbonyl (C=O) groups is 3. The molecule has 6 nitrogen and oxygen atoms in total. The molecule has 0 spiro atoms. The second-order valence-electron chi connectivity index (χ2n) is 4.83. The molecular formula is C15H25NO5. The molecule has 1 aliphatic rings. The van der Waals surface area contributed by atoms with Crippen molar-refractivity contribution in [3.8, 4) is 0 Å². The molecule has 0 atom stereocenters. The van der Waals surface area contributed by atoms with Crippen LogP contribution in [0.15, 0.2) is 12.7 Å². The molecule has 1 saturated heterocycles. The quantitative estimate of drug-likeness (QED) is 0.384. The molecule has 2 amide bonds. The molecule has 2 N–H and O–H groups in total. The molecule has 1 fully saturated rings. The van der Waals surface area contributed by atoms with Crippen LogP contribution in [0, 0.1) is 0 Å². The third kappa shape index (κ3) is 9.79. The highest BCUT2D eigenvalue weighted by molar-refractivity contribution is 6.01. The van der Waals surface area contributed by atoms with E-state index in [1.165, 1.54) is 4.90 Å². The summed E-state index contributed by atoms with van der Waals surface area (Å²) in [7, 11) is 0. The van der Waals surface area contributed by atoms with Gasteiger partial charge in [-0.1, -0.05) is 32.3 Å². The minimum absolute atomic E-state index is 0.00900. The number of aliphatic hydroxyl groups excluding tert-OH is 1. The highest BCUT2D eigenvalue weighted by atomic mass is 16.4. The van der Waals surface area contributed by atoms with Gasteiger partial charge < -0.3 is 10.2 Å². The zero-order chi connectivity index (χ0) is 16.1. The average molecular weight is 299 g/mol. The van der Waals surface area contributed by atoms with Gasteiger partial charge in [0, 0.05) is 32.1 Å². The summed E-state index contributed by atoms with van der Waals surface area (Å²) in [5, 5.41) is 16.2. The second kappa shape index (κ2) is 12.1. The van der Waals surface area contributed by atoms with Crippen LogP contribution in [-0.2, 0) is 14.4 Å². The van der Waals surface area contributed by atoms with Crippen LogP contribution in [-0.4, -0.2) is 46.0 Å². The first-order chi connectivity index (χ1) is 10.0. The molecule has 0 aromatic heterocycles. The van der Waals surface area contributed by atoms with E-state index in [1.54, 1.807) is 0 Å². The molecule has 0 radical (unpaired) electrons. The van der Waals surface area contributed by atoms with Crippen molar-refractivity contribution in [1.82, 2.24) is 4.90 Å². The van der Waals surface area contributed by atoms with Crippen LogP contribution < -0.4 is 0 Å². The van der Waals surface area contributed by atoms with Gasteiger partial charge in [-0.3, -0.25) is 14.5 Å². The van der Waals surface area contributed by atoms with Crippen molar-refractivity contribution in [2.75, 3.05) is 13.2 Å². The lowest BCUT2D eigenvalue weighted by Gasteiger charge is -2.12. The first-order valence-corrected chi connectivity index (χ1v) is 7.32. The minimum Gasteiger partial charge on any atom is -0.478 e. The number of aliphatic carboxylic acids is 1. The third-order valence-corrected chi connectivity index (χ3v) is 3.12. The Morgan fingerprint density at radius 1 is 1.05 bits per heavy atom. The molecule has 21 heavy (non-hydrogen) atoms. The minimum atomic E-state index is -0.981. The van der Waals surface area contributed by atoms with Crippen molar-refractivity contribution < 1.29 is 24.6 Å². The number of rotatable bonds is 9. The van der Waals surface area contributed by atoms with E-state index in [0.717, 1.165) is 44.6 Å². The summed E-state index contributed by atoms with van der Waals surface area (Å²) in [5.74, 6) is -0.999. The second-order valence-corrected chi connectivity index (χ2v) is 4.83. The maximum absolute atomic E-state index is 11.3. The van der Waals surface area contributed by atoms with Crippen LogP contribution in [0.2, 0.25) is 0 Å². The van der Waals surface area contributed by atoms with Gasteiger partial charge >= 0.3 is 5.97 Å². The van der Waals surface area contributed by atoms with Crippen molar-refractivity contribution in [2.24, 2.45) is 0 Å². The van der Waals surface area contributed by atoms with Gasteiger partial charge in [-0.25, -0.2) is 4.79 Å². The highest BCUT2D eigenvalue weighted by Crippen LogP contribution is 2.13. The van der Waals surface area contributed by atoms with Gasteiger partial charge in [0.15, 0.2) is 0 Å². The van der Waals surface area contributed by atoms with Crippen LogP contribution >= 0.6 is 0 Å². The fraction of sp³-hybridized carbons (Fsp3) is 0.667. The number of carboxylic acid groups (broad SMARTS) is 1. The van der Waals surface area contributed by atoms with Gasteiger partial charge in [0.1, 0.15) is 0 Å². The lowest BCUT2D eigenvalue weighted by atomic mass is 10.1. The van der Waals surface area contributed by atoms with E-state index in [0.29, 0.717) is 19.4 Å². The van der Waals surface area contributed by atoms with E-state index in [1.807, 2.05) is 0 Å². The number of likely N-dealkylation sites (tertiary alicyclic amines) is 1. The summed E-state index contributed by atoms with van der Waals surface area (Å²) in [5.41, 5.74) is 0. The number of hydrogen-bond acceptors (Lipinski definition) is 4. The van der Waals surface area contributed by atoms with E-state index in [4.69, 9.17) is 10.2 Å². The molecule has 0 bridgehead atoms. The smallest absolute Gasteiger partial charge is 0.327 e. The molecule has 0 saturated carbocycles. The highest BCUT2D eigenvalue weighted by Gasteiger charge is 2.27. The van der Waals surface area contributed by atoms with Crippen LogP contribution in [0.5, 0.6) is 0 Å². The number of nitrogens with zero attached hydrogens (tertiary/aromatic N) is 1. The van der Waals surface area contributed by atoms with Gasteiger partial charge in [-0.15, -0.1) is 0 Å². The zero-order valence-corrected chi connectivity index (χ0v) is 12.4. The van der Waals surface area contributed by atoms with Gasteiger partial charge in [0.25, 0.3) is 0 Å². The van der Waals surface area contributed by atoms with E-state index < -0.39 is 5.97 Å². The molecule has 6 heteroatoms. The van der Waals surface area contributed by atoms with Gasteiger partial charge in [-0.05, 0) is 12.8 Å². The van der Waals surface area contributed by atoms with Crippen LogP contribution in [0.3, 0.4) is 0 Å². The zero-order valence-electron chi connectivity index (χ0n) is 12.4. The molecule has 0 aromatic carbocycles. The molecule has 0 aliphatic carbocycles. The van der Waals surface area contributed by atoms with Crippen molar-refractivity contribution in [2.45, 2.75) is 51.4 Å². The molecule has 1 rings (SSSR count). The predicted octanol–water partition coefficient (Wildman–Crippen LogP) is 1.73. The Morgan fingerprint density at radius 2 is 1.48 bits per heavy atom. The maximum atomic E-state index is 11.3. The number of unbranched alkanes of at least 4 members (excludes halogenated alkanes) is 5. The van der Waals surface area contributed by atoms with Crippen molar-refractivity contribution >= 4 is 17.8 Å². The molecule has 120 valence electrons. The van der Waals surface area contributed by atoms with Crippen molar-refractivity contribution in [3.05, 3.63) is 12.7 Å². The van der Waals surface area contributed by atoms with Crippen LogP contribution in [0.4, 0.5) is 0 Å². The number of imide groups is 1. The SMILES string of the molecule is C=CC(=O)O.O=C1CCC(=O)N1CCCCCCCCO. The van der Waals surface area contributed by atoms with Crippen LogP contribution in [0.25, 0.3) is 0 Å². The average Bonchev–Trinajstić information content (AvgIpc) is 2.78. The molecular weight excluding hydrogens is 274 g/mol. The Labute approximate surface area is 125 Å². The Hall–Kier alpha value is -1.69. The summed E-state index contributed by atoms with van der Waals surface area (Å²) in [6.07, 6.45) is 7.80. The number of amides is 2. The van der Waals surface area contributed by atoms with Gasteiger partial charge in [-0.2, -0.15) is 0 Å². The summed E-state index contributed by atoms with van der Waals surface area (Å²) < 4.78 is 0. The summed E-state index contributed by atoms with van der Waals surface area (Å²) in [4.78, 5) is 33.2. The van der Waals surface area contributed by atoms with Crippen molar-refractivity contribution in [3.63, 3.8) is 0 Å². The molecule has 1 heterocycles. The molecule has 0 unspecified atom stereocenters. The number of hydrogen-bond donors (Lipinski definition) is 2.